The van der Waals surface area contributed by atoms with Crippen LogP contribution >= 0.6 is 11.3 Å². The molecule has 2 aromatic rings. The van der Waals surface area contributed by atoms with Crippen molar-refractivity contribution in [1.82, 2.24) is 15.2 Å². The van der Waals surface area contributed by atoms with Crippen LogP contribution in [0.2, 0.25) is 0 Å². The Kier molecular flexibility index (Phi) is 6.26. The molecule has 6 heteroatoms. The van der Waals surface area contributed by atoms with Crippen molar-refractivity contribution in [3.63, 3.8) is 0 Å². The average Bonchev–Trinajstić information content (AvgIpc) is 3.31. The zero-order valence-corrected chi connectivity index (χ0v) is 15.9. The number of aromatic nitrogens is 1. The maximum absolute atomic E-state index is 12.3. The van der Waals surface area contributed by atoms with Crippen LogP contribution in [0, 0.1) is 0 Å². The minimum absolute atomic E-state index is 0.150. The molecule has 0 bridgehead atoms. The summed E-state index contributed by atoms with van der Waals surface area (Å²) in [5.74, 6) is 1.12. The maximum atomic E-state index is 12.3. The highest BCUT2D eigenvalue weighted by Crippen LogP contribution is 2.25. The standard InChI is InChI=1S/C19H27N3O2S/c1-3-18-21-15(13-25-18)9-10-20-19(23)17-8-7-16(24-17)14(2)22-11-5-4-6-12-22/h7-8,13-14H,3-6,9-12H2,1-2H3,(H,20,23)/t14-/m0/s1. The van der Waals surface area contributed by atoms with Gasteiger partial charge in [0.15, 0.2) is 5.76 Å². The Bertz CT molecular complexity index is 688. The van der Waals surface area contributed by atoms with Crippen molar-refractivity contribution in [2.24, 2.45) is 0 Å². The molecule has 0 aromatic carbocycles. The second-order valence-electron chi connectivity index (χ2n) is 6.57. The van der Waals surface area contributed by atoms with E-state index in [9.17, 15) is 4.79 Å². The Morgan fingerprint density at radius 2 is 2.16 bits per heavy atom. The third-order valence-corrected chi connectivity index (χ3v) is 5.81. The fourth-order valence-electron chi connectivity index (χ4n) is 3.20. The zero-order valence-electron chi connectivity index (χ0n) is 15.1. The highest BCUT2D eigenvalue weighted by Gasteiger charge is 2.22. The van der Waals surface area contributed by atoms with E-state index in [1.807, 2.05) is 6.07 Å². The van der Waals surface area contributed by atoms with Gasteiger partial charge in [-0.2, -0.15) is 0 Å². The van der Waals surface area contributed by atoms with Gasteiger partial charge >= 0.3 is 0 Å². The van der Waals surface area contributed by atoms with Crippen LogP contribution in [0.4, 0.5) is 0 Å². The number of carbonyl (C=O) groups is 1. The molecule has 136 valence electrons. The number of likely N-dealkylation sites (tertiary alicyclic amines) is 1. The van der Waals surface area contributed by atoms with Crippen LogP contribution in [0.15, 0.2) is 21.9 Å². The zero-order chi connectivity index (χ0) is 17.6. The number of thiazole rings is 1. The highest BCUT2D eigenvalue weighted by atomic mass is 32.1. The highest BCUT2D eigenvalue weighted by molar-refractivity contribution is 7.09. The van der Waals surface area contributed by atoms with Crippen LogP contribution in [-0.2, 0) is 12.8 Å². The van der Waals surface area contributed by atoms with E-state index in [-0.39, 0.29) is 11.9 Å². The van der Waals surface area contributed by atoms with Gasteiger partial charge in [0.05, 0.1) is 16.7 Å². The van der Waals surface area contributed by atoms with E-state index in [2.05, 4.69) is 34.4 Å². The lowest BCUT2D eigenvalue weighted by Gasteiger charge is -2.31. The van der Waals surface area contributed by atoms with E-state index < -0.39 is 0 Å². The van der Waals surface area contributed by atoms with Gasteiger partial charge in [0.1, 0.15) is 5.76 Å². The largest absolute Gasteiger partial charge is 0.454 e. The summed E-state index contributed by atoms with van der Waals surface area (Å²) in [6.07, 6.45) is 5.51. The molecule has 1 N–H and O–H groups in total. The van der Waals surface area contributed by atoms with Crippen LogP contribution in [0.3, 0.4) is 0 Å². The lowest BCUT2D eigenvalue weighted by atomic mass is 10.1. The van der Waals surface area contributed by atoms with Crippen LogP contribution in [-0.4, -0.2) is 35.4 Å². The predicted molar refractivity (Wildman–Crippen MR) is 100 cm³/mol. The van der Waals surface area contributed by atoms with Crippen molar-refractivity contribution < 1.29 is 9.21 Å². The lowest BCUT2D eigenvalue weighted by Crippen LogP contribution is -2.32. The smallest absolute Gasteiger partial charge is 0.287 e. The second-order valence-corrected chi connectivity index (χ2v) is 7.51. The van der Waals surface area contributed by atoms with Crippen molar-refractivity contribution in [2.75, 3.05) is 19.6 Å². The SMILES string of the molecule is CCc1nc(CCNC(=O)c2ccc([C@H](C)N3CCCCC3)o2)cs1. The summed E-state index contributed by atoms with van der Waals surface area (Å²) in [5.41, 5.74) is 1.04. The minimum Gasteiger partial charge on any atom is -0.454 e. The Morgan fingerprint density at radius 1 is 1.36 bits per heavy atom. The summed E-state index contributed by atoms with van der Waals surface area (Å²) >= 11 is 1.68. The van der Waals surface area contributed by atoms with Crippen LogP contribution in [0.25, 0.3) is 0 Å². The van der Waals surface area contributed by atoms with Gasteiger partial charge in [0.2, 0.25) is 0 Å². The number of hydrogen-bond acceptors (Lipinski definition) is 5. The predicted octanol–water partition coefficient (Wildman–Crippen LogP) is 3.82. The quantitative estimate of drug-likeness (QED) is 0.814. The van der Waals surface area contributed by atoms with Crippen LogP contribution < -0.4 is 5.32 Å². The number of carbonyl (C=O) groups excluding carboxylic acids is 1. The topological polar surface area (TPSA) is 58.4 Å². The van der Waals surface area contributed by atoms with Gasteiger partial charge in [0.25, 0.3) is 5.91 Å². The molecular weight excluding hydrogens is 334 g/mol. The van der Waals surface area contributed by atoms with Crippen molar-refractivity contribution in [1.29, 1.82) is 0 Å². The van der Waals surface area contributed by atoms with E-state index in [1.54, 1.807) is 17.4 Å². The van der Waals surface area contributed by atoms with E-state index in [1.165, 1.54) is 19.3 Å². The number of piperidine rings is 1. The fraction of sp³-hybridized carbons (Fsp3) is 0.579. The molecule has 1 aliphatic rings. The van der Waals surface area contributed by atoms with Gasteiger partial charge in [-0.15, -0.1) is 11.3 Å². The molecule has 1 amide bonds. The van der Waals surface area contributed by atoms with E-state index in [0.717, 1.165) is 42.4 Å². The molecule has 2 aromatic heterocycles. The normalized spacial score (nSPS) is 16.7. The molecular formula is C19H27N3O2S. The molecule has 5 nitrogen and oxygen atoms in total. The first-order chi connectivity index (χ1) is 12.2. The molecule has 0 spiro atoms. The van der Waals surface area contributed by atoms with Crippen LogP contribution in [0.1, 0.15) is 66.2 Å². The molecule has 0 aliphatic carbocycles. The molecule has 0 unspecified atom stereocenters. The Morgan fingerprint density at radius 3 is 2.88 bits per heavy atom. The Hall–Kier alpha value is -1.66. The number of furan rings is 1. The first-order valence-corrected chi connectivity index (χ1v) is 10.1. The number of nitrogens with one attached hydrogen (secondary N) is 1. The number of aryl methyl sites for hydroxylation is 1. The third kappa shape index (κ3) is 4.70. The number of rotatable bonds is 7. The van der Waals surface area contributed by atoms with Gasteiger partial charge in [-0.25, -0.2) is 4.98 Å². The first-order valence-electron chi connectivity index (χ1n) is 9.22. The molecule has 1 aliphatic heterocycles. The lowest BCUT2D eigenvalue weighted by molar-refractivity contribution is 0.0917. The molecule has 25 heavy (non-hydrogen) atoms. The van der Waals surface area contributed by atoms with Gasteiger partial charge in [-0.3, -0.25) is 9.69 Å². The van der Waals surface area contributed by atoms with Gasteiger partial charge in [-0.05, 0) is 51.4 Å². The summed E-state index contributed by atoms with van der Waals surface area (Å²) in [7, 11) is 0. The summed E-state index contributed by atoms with van der Waals surface area (Å²) in [6, 6.07) is 3.94. The molecule has 0 saturated carbocycles. The van der Waals surface area contributed by atoms with Crippen molar-refractivity contribution in [3.05, 3.63) is 39.7 Å². The van der Waals surface area contributed by atoms with E-state index in [4.69, 9.17) is 4.42 Å². The second kappa shape index (κ2) is 8.63. The number of hydrogen-bond donors (Lipinski definition) is 1. The average molecular weight is 362 g/mol. The monoisotopic (exact) mass is 361 g/mol. The van der Waals surface area contributed by atoms with Crippen LogP contribution in [0.5, 0.6) is 0 Å². The van der Waals surface area contributed by atoms with E-state index in [0.29, 0.717) is 12.3 Å². The summed E-state index contributed by atoms with van der Waals surface area (Å²) in [4.78, 5) is 19.2. The van der Waals surface area contributed by atoms with Gasteiger partial charge in [0, 0.05) is 18.3 Å². The first kappa shape index (κ1) is 18.1. The summed E-state index contributed by atoms with van der Waals surface area (Å²) in [5, 5.41) is 6.13. The van der Waals surface area contributed by atoms with E-state index >= 15 is 0 Å². The molecule has 1 saturated heterocycles. The summed E-state index contributed by atoms with van der Waals surface area (Å²) < 4.78 is 5.82. The van der Waals surface area contributed by atoms with Crippen molar-refractivity contribution >= 4 is 17.2 Å². The molecule has 3 rings (SSSR count). The Labute approximate surface area is 153 Å². The minimum atomic E-state index is -0.150. The fourth-order valence-corrected chi connectivity index (χ4v) is 3.98. The molecule has 3 heterocycles. The third-order valence-electron chi connectivity index (χ3n) is 4.77. The summed E-state index contributed by atoms with van der Waals surface area (Å²) in [6.45, 7) is 7.04. The molecule has 0 radical (unpaired) electrons. The van der Waals surface area contributed by atoms with Crippen molar-refractivity contribution in [2.45, 2.75) is 52.0 Å². The maximum Gasteiger partial charge on any atom is 0.287 e. The van der Waals surface area contributed by atoms with Gasteiger partial charge in [-0.1, -0.05) is 13.3 Å². The Balaban J connectivity index is 1.49. The molecule has 1 atom stereocenters. The van der Waals surface area contributed by atoms with Crippen molar-refractivity contribution in [3.8, 4) is 0 Å². The number of amides is 1. The van der Waals surface area contributed by atoms with Gasteiger partial charge < -0.3 is 9.73 Å². The number of nitrogens with zero attached hydrogens (tertiary/aromatic N) is 2. The molecule has 1 fully saturated rings.